The van der Waals surface area contributed by atoms with E-state index in [0.717, 1.165) is 11.5 Å². The summed E-state index contributed by atoms with van der Waals surface area (Å²) in [5.41, 5.74) is 2.40. The van der Waals surface area contributed by atoms with Gasteiger partial charge in [0.25, 0.3) is 5.91 Å². The Morgan fingerprint density at radius 1 is 1.29 bits per heavy atom. The molecule has 0 aliphatic heterocycles. The van der Waals surface area contributed by atoms with Gasteiger partial charge in [-0.15, -0.1) is 5.10 Å². The summed E-state index contributed by atoms with van der Waals surface area (Å²) in [5, 5.41) is 15.0. The summed E-state index contributed by atoms with van der Waals surface area (Å²) in [6, 6.07) is 5.76. The van der Waals surface area contributed by atoms with Crippen LogP contribution in [0.2, 0.25) is 0 Å². The fraction of sp³-hybridized carbons (Fsp3) is 0.278. The lowest BCUT2D eigenvalue weighted by Crippen LogP contribution is -2.26. The third kappa shape index (κ3) is 4.77. The van der Waals surface area contributed by atoms with Crippen molar-refractivity contribution in [3.63, 3.8) is 0 Å². The largest absolute Gasteiger partial charge is 0.394 e. The van der Waals surface area contributed by atoms with Crippen LogP contribution in [-0.4, -0.2) is 33.8 Å². The Kier molecular flexibility index (Phi) is 7.73. The molecule has 28 heavy (non-hydrogen) atoms. The number of carbonyl (C=O) groups is 1. The Hall–Kier alpha value is -2.69. The summed E-state index contributed by atoms with van der Waals surface area (Å²) in [5.74, 6) is -2.19. The van der Waals surface area contributed by atoms with E-state index < -0.39 is 17.5 Å². The van der Waals surface area contributed by atoms with Crippen molar-refractivity contribution in [1.29, 1.82) is 0 Å². The van der Waals surface area contributed by atoms with E-state index in [1.54, 1.807) is 13.0 Å². The van der Waals surface area contributed by atoms with Crippen LogP contribution in [0, 0.1) is 18.6 Å². The normalized spacial score (nSPS) is 10.4. The number of fused-ring (bicyclic) bond motifs is 1. The average molecular weight is 410 g/mol. The molecule has 7 nitrogen and oxygen atoms in total. The van der Waals surface area contributed by atoms with E-state index >= 15 is 0 Å². The van der Waals surface area contributed by atoms with Gasteiger partial charge in [0.2, 0.25) is 0 Å². The van der Waals surface area contributed by atoms with Gasteiger partial charge in [-0.3, -0.25) is 9.63 Å². The quantitative estimate of drug-likeness (QED) is 0.424. The number of carbonyl (C=O) groups excluding carboxylic acids is 1. The molecule has 3 rings (SSSR count). The number of anilines is 2. The van der Waals surface area contributed by atoms with E-state index in [4.69, 9.17) is 9.94 Å². The Labute approximate surface area is 164 Å². The molecule has 0 aliphatic carbocycles. The van der Waals surface area contributed by atoms with E-state index in [2.05, 4.69) is 20.4 Å². The molecular weight excluding hydrogens is 390 g/mol. The SMILES string of the molecule is CC.Cc1ccc(Nc2c(C(=O)NOCCO)cc3snnc3c2F)c(F)c1. The van der Waals surface area contributed by atoms with Crippen LogP contribution in [0.15, 0.2) is 24.3 Å². The lowest BCUT2D eigenvalue weighted by molar-refractivity contribution is 0.0169. The van der Waals surface area contributed by atoms with Crippen molar-refractivity contribution in [2.45, 2.75) is 20.8 Å². The fourth-order valence-corrected chi connectivity index (χ4v) is 2.86. The number of hydrogen-bond acceptors (Lipinski definition) is 7. The second-order valence-electron chi connectivity index (χ2n) is 5.34. The van der Waals surface area contributed by atoms with Crippen molar-refractivity contribution >= 4 is 39.0 Å². The number of aryl methyl sites for hydroxylation is 1. The first-order valence-corrected chi connectivity index (χ1v) is 9.29. The number of aromatic nitrogens is 2. The van der Waals surface area contributed by atoms with Gasteiger partial charge in [-0.25, -0.2) is 14.3 Å². The molecule has 1 aromatic heterocycles. The Morgan fingerprint density at radius 2 is 2.04 bits per heavy atom. The average Bonchev–Trinajstić information content (AvgIpc) is 3.16. The van der Waals surface area contributed by atoms with Gasteiger partial charge in [-0.05, 0) is 42.2 Å². The monoisotopic (exact) mass is 410 g/mol. The highest BCUT2D eigenvalue weighted by Gasteiger charge is 2.22. The Balaban J connectivity index is 0.00000136. The number of halogens is 2. The first-order chi connectivity index (χ1) is 13.5. The molecule has 3 N–H and O–H groups in total. The molecule has 3 aromatic rings. The molecule has 10 heteroatoms. The summed E-state index contributed by atoms with van der Waals surface area (Å²) in [4.78, 5) is 17.1. The smallest absolute Gasteiger partial charge is 0.277 e. The molecule has 0 unspecified atom stereocenters. The van der Waals surface area contributed by atoms with E-state index in [-0.39, 0.29) is 35.7 Å². The predicted molar refractivity (Wildman–Crippen MR) is 104 cm³/mol. The minimum absolute atomic E-state index is 0.00219. The number of aliphatic hydroxyl groups is 1. The summed E-state index contributed by atoms with van der Waals surface area (Å²) >= 11 is 0.918. The number of hydrogen-bond donors (Lipinski definition) is 3. The lowest BCUT2D eigenvalue weighted by Gasteiger charge is -2.14. The van der Waals surface area contributed by atoms with Crippen LogP contribution in [0.25, 0.3) is 10.2 Å². The number of benzene rings is 2. The highest BCUT2D eigenvalue weighted by Crippen LogP contribution is 2.32. The molecule has 2 aromatic carbocycles. The fourth-order valence-electron chi connectivity index (χ4n) is 2.26. The second-order valence-corrected chi connectivity index (χ2v) is 6.13. The van der Waals surface area contributed by atoms with Gasteiger partial charge in [0.15, 0.2) is 5.82 Å². The first-order valence-electron chi connectivity index (χ1n) is 8.52. The van der Waals surface area contributed by atoms with Gasteiger partial charge in [0.1, 0.15) is 11.3 Å². The number of hydroxylamine groups is 1. The Morgan fingerprint density at radius 3 is 2.71 bits per heavy atom. The molecule has 0 aliphatic rings. The molecule has 0 saturated carbocycles. The van der Waals surface area contributed by atoms with Crippen LogP contribution in [0.4, 0.5) is 20.2 Å². The second kappa shape index (κ2) is 10.0. The van der Waals surface area contributed by atoms with E-state index in [1.807, 2.05) is 13.8 Å². The molecule has 0 spiro atoms. The summed E-state index contributed by atoms with van der Waals surface area (Å²) < 4.78 is 33.0. The zero-order chi connectivity index (χ0) is 20.7. The number of nitrogens with zero attached hydrogens (tertiary/aromatic N) is 2. The van der Waals surface area contributed by atoms with Crippen molar-refractivity contribution in [2.24, 2.45) is 0 Å². The van der Waals surface area contributed by atoms with Crippen LogP contribution in [-0.2, 0) is 4.84 Å². The zero-order valence-corrected chi connectivity index (χ0v) is 16.4. The summed E-state index contributed by atoms with van der Waals surface area (Å²) in [6.07, 6.45) is 0. The number of nitrogens with one attached hydrogen (secondary N) is 2. The van der Waals surface area contributed by atoms with Crippen molar-refractivity contribution in [3.8, 4) is 0 Å². The van der Waals surface area contributed by atoms with Crippen molar-refractivity contribution in [3.05, 3.63) is 47.0 Å². The number of amides is 1. The van der Waals surface area contributed by atoms with E-state index in [9.17, 15) is 13.6 Å². The molecular formula is C18H20F2N4O3S. The summed E-state index contributed by atoms with van der Waals surface area (Å²) in [6.45, 7) is 5.29. The summed E-state index contributed by atoms with van der Waals surface area (Å²) in [7, 11) is 0. The van der Waals surface area contributed by atoms with Gasteiger partial charge < -0.3 is 10.4 Å². The highest BCUT2D eigenvalue weighted by atomic mass is 32.1. The molecule has 150 valence electrons. The standard InChI is InChI=1S/C16H14F2N4O3S.C2H6/c1-8-2-3-11(10(17)6-8)19-14-9(16(24)21-25-5-4-23)7-12-15(13(14)18)20-22-26-12;1-2/h2-3,6-7,19,23H,4-5H2,1H3,(H,21,24);1-2H3. The number of rotatable bonds is 6. The topological polar surface area (TPSA) is 96.4 Å². The lowest BCUT2D eigenvalue weighted by atomic mass is 10.1. The van der Waals surface area contributed by atoms with Crippen LogP contribution < -0.4 is 10.8 Å². The molecule has 0 radical (unpaired) electrons. The van der Waals surface area contributed by atoms with Gasteiger partial charge in [-0.1, -0.05) is 24.4 Å². The molecule has 1 heterocycles. The van der Waals surface area contributed by atoms with Gasteiger partial charge in [0, 0.05) is 0 Å². The van der Waals surface area contributed by atoms with Gasteiger partial charge in [0.05, 0.1) is 34.9 Å². The van der Waals surface area contributed by atoms with Crippen LogP contribution in [0.3, 0.4) is 0 Å². The zero-order valence-electron chi connectivity index (χ0n) is 15.5. The molecule has 0 fully saturated rings. The van der Waals surface area contributed by atoms with Gasteiger partial charge >= 0.3 is 0 Å². The first kappa shape index (κ1) is 21.6. The van der Waals surface area contributed by atoms with Crippen molar-refractivity contribution in [2.75, 3.05) is 18.5 Å². The maximum atomic E-state index is 14.9. The van der Waals surface area contributed by atoms with Crippen LogP contribution in [0.5, 0.6) is 0 Å². The van der Waals surface area contributed by atoms with Crippen LogP contribution in [0.1, 0.15) is 29.8 Å². The Bertz CT molecular complexity index is 965. The third-order valence-electron chi connectivity index (χ3n) is 3.47. The van der Waals surface area contributed by atoms with Crippen LogP contribution >= 0.6 is 11.5 Å². The molecule has 0 atom stereocenters. The van der Waals surface area contributed by atoms with Gasteiger partial charge in [-0.2, -0.15) is 0 Å². The van der Waals surface area contributed by atoms with Crippen molar-refractivity contribution in [1.82, 2.24) is 15.1 Å². The molecule has 0 bridgehead atoms. The van der Waals surface area contributed by atoms with Crippen molar-refractivity contribution < 1.29 is 23.5 Å². The maximum absolute atomic E-state index is 14.9. The highest BCUT2D eigenvalue weighted by molar-refractivity contribution is 7.13. The third-order valence-corrected chi connectivity index (χ3v) is 4.14. The van der Waals surface area contributed by atoms with E-state index in [1.165, 1.54) is 18.2 Å². The maximum Gasteiger partial charge on any atom is 0.277 e. The van der Waals surface area contributed by atoms with E-state index in [0.29, 0.717) is 10.3 Å². The molecule has 1 amide bonds. The minimum atomic E-state index is -0.830. The minimum Gasteiger partial charge on any atom is -0.394 e. The number of aliphatic hydroxyl groups excluding tert-OH is 1. The predicted octanol–water partition coefficient (Wildman–Crippen LogP) is 3.70. The molecule has 0 saturated heterocycles.